The first-order valence-electron chi connectivity index (χ1n) is 14.1. The summed E-state index contributed by atoms with van der Waals surface area (Å²) in [5.74, 6) is -1.07. The molecule has 0 bridgehead atoms. The number of aryl methyl sites for hydroxylation is 1. The molecule has 6 rings (SSSR count). The van der Waals surface area contributed by atoms with Gasteiger partial charge in [-0.15, -0.1) is 0 Å². The number of carbonyl (C=O) groups excluding carboxylic acids is 1. The van der Waals surface area contributed by atoms with E-state index in [2.05, 4.69) is 25.6 Å². The van der Waals surface area contributed by atoms with E-state index in [1.807, 2.05) is 43.3 Å². The second kappa shape index (κ2) is 11.6. The van der Waals surface area contributed by atoms with Crippen LogP contribution in [0.25, 0.3) is 22.6 Å². The van der Waals surface area contributed by atoms with Crippen LogP contribution in [0.2, 0.25) is 0 Å². The number of hydrogen-bond donors (Lipinski definition) is 3. The van der Waals surface area contributed by atoms with E-state index in [0.29, 0.717) is 47.5 Å². The van der Waals surface area contributed by atoms with Crippen molar-refractivity contribution < 1.29 is 13.6 Å². The molecule has 43 heavy (non-hydrogen) atoms. The Morgan fingerprint density at radius 2 is 1.70 bits per heavy atom. The quantitative estimate of drug-likeness (QED) is 0.221. The van der Waals surface area contributed by atoms with Gasteiger partial charge in [-0.3, -0.25) is 18.7 Å². The lowest BCUT2D eigenvalue weighted by atomic mass is 10.1. The summed E-state index contributed by atoms with van der Waals surface area (Å²) in [5, 5.41) is 5.91. The van der Waals surface area contributed by atoms with Crippen LogP contribution in [0.15, 0.2) is 70.4 Å². The SMILES string of the molecule is CCCn1c(=O)n(C2CC2)c(=O)c2[nH]c(-c3ccc(NCc4ccc(CNC(=O)c5cc(F)cc(F)c5)cc4)nc3)nc21. The molecule has 3 heterocycles. The Labute approximate surface area is 244 Å². The number of imidazole rings is 1. The Balaban J connectivity index is 1.09. The zero-order valence-electron chi connectivity index (χ0n) is 23.4. The topological polar surface area (TPSA) is 127 Å². The van der Waals surface area contributed by atoms with Crippen molar-refractivity contribution in [2.24, 2.45) is 0 Å². The van der Waals surface area contributed by atoms with E-state index in [0.717, 1.165) is 42.5 Å². The number of H-pyrrole nitrogens is 1. The molecule has 1 amide bonds. The Morgan fingerprint density at radius 3 is 2.33 bits per heavy atom. The number of pyridine rings is 1. The lowest BCUT2D eigenvalue weighted by molar-refractivity contribution is 0.0950. The van der Waals surface area contributed by atoms with Crippen LogP contribution >= 0.6 is 0 Å². The van der Waals surface area contributed by atoms with Gasteiger partial charge in [0, 0.05) is 49.1 Å². The number of fused-ring (bicyclic) bond motifs is 1. The van der Waals surface area contributed by atoms with Gasteiger partial charge in [-0.05, 0) is 54.7 Å². The predicted molar refractivity (Wildman–Crippen MR) is 158 cm³/mol. The molecule has 0 aliphatic heterocycles. The maximum atomic E-state index is 13.4. The van der Waals surface area contributed by atoms with Crippen LogP contribution < -0.4 is 21.9 Å². The van der Waals surface area contributed by atoms with E-state index >= 15 is 0 Å². The van der Waals surface area contributed by atoms with Crippen LogP contribution in [0, 0.1) is 11.6 Å². The zero-order valence-corrected chi connectivity index (χ0v) is 23.4. The number of hydrogen-bond acceptors (Lipinski definition) is 6. The summed E-state index contributed by atoms with van der Waals surface area (Å²) in [5.41, 5.74) is 2.44. The van der Waals surface area contributed by atoms with E-state index in [1.165, 1.54) is 4.57 Å². The number of carbonyl (C=O) groups is 1. The highest BCUT2D eigenvalue weighted by atomic mass is 19.1. The van der Waals surface area contributed by atoms with E-state index < -0.39 is 17.5 Å². The summed E-state index contributed by atoms with van der Waals surface area (Å²) < 4.78 is 29.7. The number of nitrogens with zero attached hydrogens (tertiary/aromatic N) is 4. The first kappa shape index (κ1) is 28.0. The fourth-order valence-corrected chi connectivity index (χ4v) is 4.93. The van der Waals surface area contributed by atoms with Gasteiger partial charge in [0.25, 0.3) is 11.5 Å². The third kappa shape index (κ3) is 5.94. The monoisotopic (exact) mass is 585 g/mol. The maximum absolute atomic E-state index is 13.4. The number of anilines is 1. The number of halogens is 2. The molecule has 3 aromatic heterocycles. The molecule has 5 aromatic rings. The van der Waals surface area contributed by atoms with Gasteiger partial charge in [-0.2, -0.15) is 0 Å². The molecular weight excluding hydrogens is 556 g/mol. The van der Waals surface area contributed by atoms with Crippen molar-refractivity contribution in [1.82, 2.24) is 29.4 Å². The smallest absolute Gasteiger partial charge is 0.333 e. The molecule has 0 saturated heterocycles. The molecule has 12 heteroatoms. The lowest BCUT2D eigenvalue weighted by Gasteiger charge is -2.09. The summed E-state index contributed by atoms with van der Waals surface area (Å²) in [6.07, 6.45) is 4.05. The van der Waals surface area contributed by atoms with Crippen molar-refractivity contribution in [3.05, 3.63) is 110 Å². The van der Waals surface area contributed by atoms with Gasteiger partial charge in [0.1, 0.15) is 28.8 Å². The first-order valence-corrected chi connectivity index (χ1v) is 14.1. The van der Waals surface area contributed by atoms with E-state index in [-0.39, 0.29) is 29.4 Å². The Kier molecular flexibility index (Phi) is 7.58. The molecule has 0 radical (unpaired) electrons. The maximum Gasteiger partial charge on any atom is 0.333 e. The molecule has 10 nitrogen and oxygen atoms in total. The van der Waals surface area contributed by atoms with Crippen molar-refractivity contribution >= 4 is 22.9 Å². The largest absolute Gasteiger partial charge is 0.366 e. The molecule has 2 aromatic carbocycles. The molecule has 0 spiro atoms. The van der Waals surface area contributed by atoms with Gasteiger partial charge in [0.05, 0.1) is 0 Å². The average molecular weight is 586 g/mol. The molecule has 3 N–H and O–H groups in total. The van der Waals surface area contributed by atoms with Crippen molar-refractivity contribution in [2.75, 3.05) is 5.32 Å². The second-order valence-corrected chi connectivity index (χ2v) is 10.6. The molecular formula is C31H29F2N7O3. The third-order valence-corrected chi connectivity index (χ3v) is 7.28. The Bertz CT molecular complexity index is 1900. The Morgan fingerprint density at radius 1 is 1.00 bits per heavy atom. The van der Waals surface area contributed by atoms with Crippen LogP contribution in [0.3, 0.4) is 0 Å². The molecule has 220 valence electrons. The highest BCUT2D eigenvalue weighted by Crippen LogP contribution is 2.32. The minimum Gasteiger partial charge on any atom is -0.366 e. The minimum absolute atomic E-state index is 0.0396. The Hall–Kier alpha value is -5.13. The van der Waals surface area contributed by atoms with Gasteiger partial charge in [-0.25, -0.2) is 23.5 Å². The highest BCUT2D eigenvalue weighted by molar-refractivity contribution is 5.94. The van der Waals surface area contributed by atoms with Crippen LogP contribution in [-0.4, -0.2) is 30.0 Å². The van der Waals surface area contributed by atoms with E-state index in [4.69, 9.17) is 0 Å². The van der Waals surface area contributed by atoms with Crippen molar-refractivity contribution in [1.29, 1.82) is 0 Å². The first-order chi connectivity index (χ1) is 20.8. The fourth-order valence-electron chi connectivity index (χ4n) is 4.93. The number of nitrogens with one attached hydrogen (secondary N) is 3. The summed E-state index contributed by atoms with van der Waals surface area (Å²) in [6.45, 7) is 3.15. The van der Waals surface area contributed by atoms with E-state index in [9.17, 15) is 23.2 Å². The van der Waals surface area contributed by atoms with Crippen LogP contribution in [0.1, 0.15) is 53.7 Å². The average Bonchev–Trinajstić information content (AvgIpc) is 3.73. The molecule has 0 atom stereocenters. The summed E-state index contributed by atoms with van der Waals surface area (Å²) in [6, 6.07) is 13.8. The summed E-state index contributed by atoms with van der Waals surface area (Å²) >= 11 is 0. The van der Waals surface area contributed by atoms with Crippen LogP contribution in [-0.2, 0) is 19.6 Å². The lowest BCUT2D eigenvalue weighted by Crippen LogP contribution is -2.39. The van der Waals surface area contributed by atoms with Crippen molar-refractivity contribution in [3.63, 3.8) is 0 Å². The van der Waals surface area contributed by atoms with Crippen molar-refractivity contribution in [2.45, 2.75) is 51.9 Å². The predicted octanol–water partition coefficient (Wildman–Crippen LogP) is 4.51. The van der Waals surface area contributed by atoms with Gasteiger partial charge < -0.3 is 15.6 Å². The number of amides is 1. The van der Waals surface area contributed by atoms with Gasteiger partial charge >= 0.3 is 5.69 Å². The minimum atomic E-state index is -0.807. The number of benzene rings is 2. The summed E-state index contributed by atoms with van der Waals surface area (Å²) in [4.78, 5) is 50.5. The number of aromatic amines is 1. The van der Waals surface area contributed by atoms with Gasteiger partial charge in [0.15, 0.2) is 5.65 Å². The number of rotatable bonds is 10. The molecule has 1 aliphatic carbocycles. The fraction of sp³-hybridized carbons (Fsp3) is 0.258. The van der Waals surface area contributed by atoms with Crippen LogP contribution in [0.5, 0.6) is 0 Å². The summed E-state index contributed by atoms with van der Waals surface area (Å²) in [7, 11) is 0. The van der Waals surface area contributed by atoms with Crippen molar-refractivity contribution in [3.8, 4) is 11.4 Å². The highest BCUT2D eigenvalue weighted by Gasteiger charge is 2.30. The molecule has 1 aliphatic rings. The standard InChI is InChI=1S/C31H29F2N7O3/c1-2-11-39-28-26(30(42)40(31(39)43)24-8-9-24)37-27(38-28)20-7-10-25(35-17-20)34-15-18-3-5-19(6-4-18)16-36-29(41)21-12-22(32)14-23(33)13-21/h3-7,10,12-14,17,24H,2,8-9,11,15-16H2,1H3,(H,34,35)(H,36,41)(H,37,38). The third-order valence-electron chi connectivity index (χ3n) is 7.28. The second-order valence-electron chi connectivity index (χ2n) is 10.6. The molecule has 0 unspecified atom stereocenters. The number of aromatic nitrogens is 5. The van der Waals surface area contributed by atoms with Gasteiger partial charge in [0.2, 0.25) is 0 Å². The van der Waals surface area contributed by atoms with Gasteiger partial charge in [-0.1, -0.05) is 31.2 Å². The van der Waals surface area contributed by atoms with E-state index in [1.54, 1.807) is 10.8 Å². The zero-order chi connectivity index (χ0) is 30.1. The molecule has 1 fully saturated rings. The van der Waals surface area contributed by atoms with Crippen LogP contribution in [0.4, 0.5) is 14.6 Å². The molecule has 1 saturated carbocycles. The normalized spacial score (nSPS) is 12.9.